The number of aromatic nitrogens is 5. The molecule has 306 valence electrons. The molecule has 0 spiro atoms. The van der Waals surface area contributed by atoms with E-state index in [9.17, 15) is 19.2 Å². The first-order chi connectivity index (χ1) is 29.3. The van der Waals surface area contributed by atoms with Crippen LogP contribution in [0, 0.1) is 0 Å². The number of hydrogen-bond acceptors (Lipinski definition) is 9. The number of benzene rings is 4. The standard InChI is InChI=1S/C45H45N9O6/c1-59-44(57)48-37(31-11-5-3-6-12-31)42(55)53-25-9-15-35(53)40-46-27-34(47-40)30-21-17-28(18-22-30)29-19-23-33(24-20-29)39-50-41(52-51-39)36-16-10-26-54(36)43(56)38(49-45(58)60-2)32-13-7-4-8-14-32/h3-8,11-14,17-24,27,35-38H,9-10,15-16,25-26H2,1-2H3,(H,46,47)(H,48,57)(H,49,58)(H,50,51,52)/t35-,36?,37+,38-/m1/s1. The fourth-order valence-electron chi connectivity index (χ4n) is 8.04. The fraction of sp³-hybridized carbons (Fsp3) is 0.267. The number of H-pyrrole nitrogens is 2. The molecule has 4 heterocycles. The highest BCUT2D eigenvalue weighted by atomic mass is 16.5. The number of amides is 4. The molecule has 2 aromatic heterocycles. The van der Waals surface area contributed by atoms with Gasteiger partial charge in [0, 0.05) is 18.7 Å². The van der Waals surface area contributed by atoms with Crippen LogP contribution in [0.2, 0.25) is 0 Å². The van der Waals surface area contributed by atoms with E-state index in [0.717, 1.165) is 47.2 Å². The topological polar surface area (TPSA) is 188 Å². The summed E-state index contributed by atoms with van der Waals surface area (Å²) < 4.78 is 9.64. The molecule has 15 nitrogen and oxygen atoms in total. The van der Waals surface area contributed by atoms with Gasteiger partial charge in [0.1, 0.15) is 23.7 Å². The Morgan fingerprint density at radius 1 is 0.633 bits per heavy atom. The van der Waals surface area contributed by atoms with Crippen molar-refractivity contribution < 1.29 is 28.7 Å². The van der Waals surface area contributed by atoms with Crippen LogP contribution in [0.3, 0.4) is 0 Å². The van der Waals surface area contributed by atoms with Crippen molar-refractivity contribution in [2.75, 3.05) is 27.3 Å². The third-order valence-corrected chi connectivity index (χ3v) is 11.1. The number of carbonyl (C=O) groups is 4. The lowest BCUT2D eigenvalue weighted by molar-refractivity contribution is -0.135. The minimum atomic E-state index is -0.904. The van der Waals surface area contributed by atoms with Crippen molar-refractivity contribution in [1.82, 2.24) is 45.6 Å². The van der Waals surface area contributed by atoms with E-state index in [2.05, 4.69) is 25.8 Å². The molecule has 8 rings (SSSR count). The summed E-state index contributed by atoms with van der Waals surface area (Å²) in [6.45, 7) is 1.07. The lowest BCUT2D eigenvalue weighted by atomic mass is 10.0. The number of imidazole rings is 1. The average molecular weight is 808 g/mol. The molecular formula is C45H45N9O6. The van der Waals surface area contributed by atoms with Gasteiger partial charge in [0.2, 0.25) is 0 Å². The summed E-state index contributed by atoms with van der Waals surface area (Å²) in [5, 5.41) is 13.0. The third-order valence-electron chi connectivity index (χ3n) is 11.1. The second kappa shape index (κ2) is 17.7. The molecule has 0 radical (unpaired) electrons. The highest BCUT2D eigenvalue weighted by molar-refractivity contribution is 5.88. The van der Waals surface area contributed by atoms with E-state index < -0.39 is 24.3 Å². The van der Waals surface area contributed by atoms with Crippen molar-refractivity contribution in [3.63, 3.8) is 0 Å². The fourth-order valence-corrected chi connectivity index (χ4v) is 8.04. The van der Waals surface area contributed by atoms with Crippen molar-refractivity contribution in [3.8, 4) is 33.8 Å². The maximum atomic E-state index is 13.9. The average Bonchev–Trinajstić information content (AvgIpc) is 4.15. The smallest absolute Gasteiger partial charge is 0.407 e. The summed E-state index contributed by atoms with van der Waals surface area (Å²) in [7, 11) is 2.55. The molecule has 6 aromatic rings. The molecule has 2 fully saturated rings. The molecule has 4 aromatic carbocycles. The van der Waals surface area contributed by atoms with E-state index in [1.165, 1.54) is 14.2 Å². The summed E-state index contributed by atoms with van der Waals surface area (Å²) in [6, 6.07) is 32.0. The van der Waals surface area contributed by atoms with Gasteiger partial charge in [-0.1, -0.05) is 109 Å². The summed E-state index contributed by atoms with van der Waals surface area (Å²) in [6.07, 6.45) is 3.47. The maximum absolute atomic E-state index is 13.9. The number of nitrogens with zero attached hydrogens (tertiary/aromatic N) is 5. The maximum Gasteiger partial charge on any atom is 0.407 e. The van der Waals surface area contributed by atoms with Crippen molar-refractivity contribution in [3.05, 3.63) is 138 Å². The van der Waals surface area contributed by atoms with Gasteiger partial charge in [-0.25, -0.2) is 19.6 Å². The zero-order valence-electron chi connectivity index (χ0n) is 33.2. The normalized spacial score (nSPS) is 17.2. The third kappa shape index (κ3) is 8.32. The molecule has 60 heavy (non-hydrogen) atoms. The van der Waals surface area contributed by atoms with E-state index in [1.54, 1.807) is 28.1 Å². The van der Waals surface area contributed by atoms with Crippen molar-refractivity contribution in [2.45, 2.75) is 49.9 Å². The number of hydrogen-bond donors (Lipinski definition) is 4. The zero-order chi connectivity index (χ0) is 41.6. The van der Waals surface area contributed by atoms with E-state index >= 15 is 0 Å². The molecule has 2 aliphatic rings. The van der Waals surface area contributed by atoms with Gasteiger partial charge in [-0.15, -0.1) is 0 Å². The molecule has 0 aliphatic carbocycles. The Kier molecular flexibility index (Phi) is 11.7. The van der Waals surface area contributed by atoms with Crippen LogP contribution in [0.1, 0.15) is 72.6 Å². The molecular weight excluding hydrogens is 763 g/mol. The first-order valence-corrected chi connectivity index (χ1v) is 19.9. The second-order valence-electron chi connectivity index (χ2n) is 14.7. The van der Waals surface area contributed by atoms with Crippen molar-refractivity contribution in [1.29, 1.82) is 0 Å². The predicted octanol–water partition coefficient (Wildman–Crippen LogP) is 7.05. The lowest BCUT2D eigenvalue weighted by Crippen LogP contribution is -2.42. The first kappa shape index (κ1) is 39.5. The van der Waals surface area contributed by atoms with Crippen LogP contribution in [0.5, 0.6) is 0 Å². The lowest BCUT2D eigenvalue weighted by Gasteiger charge is -2.28. The van der Waals surface area contributed by atoms with E-state index in [-0.39, 0.29) is 23.9 Å². The zero-order valence-corrected chi connectivity index (χ0v) is 33.2. The molecule has 1 unspecified atom stereocenters. The number of aromatic amines is 2. The molecule has 4 amide bonds. The number of carbonyl (C=O) groups excluding carboxylic acids is 4. The Bertz CT molecular complexity index is 2270. The molecule has 0 saturated carbocycles. The first-order valence-electron chi connectivity index (χ1n) is 19.9. The minimum absolute atomic E-state index is 0.220. The van der Waals surface area contributed by atoms with Crippen LogP contribution in [0.4, 0.5) is 9.59 Å². The SMILES string of the molecule is COC(=O)N[C@H](C(=O)N1CCC[C@@H]1c1ncc(-c2ccc(-c3ccc(-c4n[nH]c(C5CCCN5C(=O)[C@H](NC(=O)OC)c5ccccc5)n4)cc3)cc2)[nH]1)c1ccccc1. The largest absolute Gasteiger partial charge is 0.453 e. The van der Waals surface area contributed by atoms with Crippen molar-refractivity contribution >= 4 is 24.0 Å². The second-order valence-corrected chi connectivity index (χ2v) is 14.7. The van der Waals surface area contributed by atoms with E-state index in [1.807, 2.05) is 97.1 Å². The molecule has 4 N–H and O–H groups in total. The molecule has 2 aliphatic heterocycles. The molecule has 0 bridgehead atoms. The summed E-state index contributed by atoms with van der Waals surface area (Å²) in [4.78, 5) is 68.7. The molecule has 4 atom stereocenters. The van der Waals surface area contributed by atoms with Crippen LogP contribution in [-0.2, 0) is 19.1 Å². The van der Waals surface area contributed by atoms with Crippen LogP contribution < -0.4 is 10.6 Å². The van der Waals surface area contributed by atoms with Gasteiger partial charge < -0.3 is 34.9 Å². The summed E-state index contributed by atoms with van der Waals surface area (Å²) in [5.74, 6) is 1.33. The Balaban J connectivity index is 0.928. The number of alkyl carbamates (subject to hydrolysis) is 2. The number of ether oxygens (including phenoxy) is 2. The quantitative estimate of drug-likeness (QED) is 0.106. The molecule has 2 saturated heterocycles. The number of nitrogens with one attached hydrogen (secondary N) is 4. The molecule has 15 heteroatoms. The summed E-state index contributed by atoms with van der Waals surface area (Å²) >= 11 is 0. The van der Waals surface area contributed by atoms with Crippen LogP contribution >= 0.6 is 0 Å². The van der Waals surface area contributed by atoms with Gasteiger partial charge in [-0.2, -0.15) is 5.10 Å². The minimum Gasteiger partial charge on any atom is -0.453 e. The highest BCUT2D eigenvalue weighted by Gasteiger charge is 2.38. The Hall–Kier alpha value is -7.29. The Morgan fingerprint density at radius 3 is 1.60 bits per heavy atom. The van der Waals surface area contributed by atoms with Crippen LogP contribution in [-0.4, -0.2) is 86.3 Å². The predicted molar refractivity (Wildman–Crippen MR) is 222 cm³/mol. The Labute approximate surface area is 346 Å². The van der Waals surface area contributed by atoms with Crippen molar-refractivity contribution in [2.24, 2.45) is 0 Å². The van der Waals surface area contributed by atoms with E-state index in [0.29, 0.717) is 48.1 Å². The Morgan fingerprint density at radius 2 is 1.10 bits per heavy atom. The summed E-state index contributed by atoms with van der Waals surface area (Å²) in [5.41, 5.74) is 5.97. The van der Waals surface area contributed by atoms with Gasteiger partial charge in [0.15, 0.2) is 5.82 Å². The van der Waals surface area contributed by atoms with Gasteiger partial charge in [-0.05, 0) is 53.5 Å². The van der Waals surface area contributed by atoms with E-state index in [4.69, 9.17) is 19.4 Å². The van der Waals surface area contributed by atoms with Gasteiger partial charge in [0.05, 0.1) is 38.2 Å². The highest BCUT2D eigenvalue weighted by Crippen LogP contribution is 2.36. The van der Waals surface area contributed by atoms with Crippen LogP contribution in [0.25, 0.3) is 33.8 Å². The van der Waals surface area contributed by atoms with Gasteiger partial charge in [-0.3, -0.25) is 14.7 Å². The number of methoxy groups -OCH3 is 2. The number of likely N-dealkylation sites (tertiary alicyclic amines) is 2. The van der Waals surface area contributed by atoms with Crippen LogP contribution in [0.15, 0.2) is 115 Å². The monoisotopic (exact) mass is 807 g/mol. The van der Waals surface area contributed by atoms with Gasteiger partial charge in [0.25, 0.3) is 11.8 Å². The number of rotatable bonds is 11. The van der Waals surface area contributed by atoms with Gasteiger partial charge >= 0.3 is 12.2 Å².